The highest BCUT2D eigenvalue weighted by atomic mass is 19.1. The number of nitrogens with one attached hydrogen (secondary N) is 2. The van der Waals surface area contributed by atoms with E-state index in [1.165, 1.54) is 26.2 Å². The third-order valence-electron chi connectivity index (χ3n) is 3.47. The zero-order chi connectivity index (χ0) is 17.7. The highest BCUT2D eigenvalue weighted by molar-refractivity contribution is 5.97. The summed E-state index contributed by atoms with van der Waals surface area (Å²) < 4.78 is 18.6. The molecule has 0 spiro atoms. The molecule has 0 unspecified atom stereocenters. The number of amides is 2. The summed E-state index contributed by atoms with van der Waals surface area (Å²) in [4.78, 5) is 23.4. The van der Waals surface area contributed by atoms with Crippen LogP contribution in [0.1, 0.15) is 35.8 Å². The lowest BCUT2D eigenvalue weighted by Crippen LogP contribution is -2.26. The molecule has 0 aliphatic carbocycles. The molecule has 0 saturated heterocycles. The molecule has 126 valence electrons. The molecule has 24 heavy (non-hydrogen) atoms. The molecule has 0 radical (unpaired) electrons. The number of hydrogen-bond acceptors (Lipinski definition) is 3. The summed E-state index contributed by atoms with van der Waals surface area (Å²) >= 11 is 0. The van der Waals surface area contributed by atoms with E-state index in [4.69, 9.17) is 4.74 Å². The average molecular weight is 330 g/mol. The molecule has 5 nitrogen and oxygen atoms in total. The van der Waals surface area contributed by atoms with Crippen molar-refractivity contribution in [3.05, 3.63) is 59.4 Å². The highest BCUT2D eigenvalue weighted by Crippen LogP contribution is 2.22. The molecular formula is C18H19FN2O3. The lowest BCUT2D eigenvalue weighted by molar-refractivity contribution is -0.114. The van der Waals surface area contributed by atoms with Crippen LogP contribution in [0.15, 0.2) is 42.5 Å². The fourth-order valence-corrected chi connectivity index (χ4v) is 2.26. The normalized spacial score (nSPS) is 11.5. The van der Waals surface area contributed by atoms with Crippen LogP contribution in [0, 0.1) is 5.82 Å². The number of carbonyl (C=O) groups excluding carboxylic acids is 2. The fraction of sp³-hybridized carbons (Fsp3) is 0.222. The molecule has 0 aromatic heterocycles. The third kappa shape index (κ3) is 4.32. The van der Waals surface area contributed by atoms with Crippen molar-refractivity contribution in [1.29, 1.82) is 0 Å². The van der Waals surface area contributed by atoms with Crippen molar-refractivity contribution >= 4 is 17.5 Å². The van der Waals surface area contributed by atoms with Crippen LogP contribution in [-0.2, 0) is 4.79 Å². The van der Waals surface area contributed by atoms with E-state index in [0.717, 1.165) is 0 Å². The second-order valence-electron chi connectivity index (χ2n) is 5.35. The van der Waals surface area contributed by atoms with Crippen LogP contribution < -0.4 is 15.4 Å². The number of anilines is 1. The summed E-state index contributed by atoms with van der Waals surface area (Å²) in [5.74, 6) is -0.857. The lowest BCUT2D eigenvalue weighted by Gasteiger charge is -2.15. The van der Waals surface area contributed by atoms with Gasteiger partial charge in [0.2, 0.25) is 5.91 Å². The first kappa shape index (κ1) is 17.5. The Bertz CT molecular complexity index is 762. The van der Waals surface area contributed by atoms with Gasteiger partial charge in [0.1, 0.15) is 0 Å². The summed E-state index contributed by atoms with van der Waals surface area (Å²) in [5.41, 5.74) is 1.57. The molecule has 0 fully saturated rings. The van der Waals surface area contributed by atoms with Crippen molar-refractivity contribution < 1.29 is 18.7 Å². The molecule has 6 heteroatoms. The van der Waals surface area contributed by atoms with Crippen molar-refractivity contribution in [1.82, 2.24) is 5.32 Å². The van der Waals surface area contributed by atoms with E-state index in [0.29, 0.717) is 16.8 Å². The summed E-state index contributed by atoms with van der Waals surface area (Å²) in [7, 11) is 1.39. The van der Waals surface area contributed by atoms with Gasteiger partial charge in [-0.1, -0.05) is 12.1 Å². The van der Waals surface area contributed by atoms with E-state index in [1.807, 2.05) is 0 Å². The quantitative estimate of drug-likeness (QED) is 0.884. The van der Waals surface area contributed by atoms with Gasteiger partial charge in [-0.2, -0.15) is 0 Å². The third-order valence-corrected chi connectivity index (χ3v) is 3.47. The van der Waals surface area contributed by atoms with Gasteiger partial charge in [0.05, 0.1) is 13.2 Å². The van der Waals surface area contributed by atoms with Crippen molar-refractivity contribution in [3.8, 4) is 5.75 Å². The zero-order valence-electron chi connectivity index (χ0n) is 13.7. The number of ether oxygens (including phenoxy) is 1. The Kier molecular flexibility index (Phi) is 5.52. The first-order chi connectivity index (χ1) is 11.4. The van der Waals surface area contributed by atoms with Gasteiger partial charge >= 0.3 is 0 Å². The fourth-order valence-electron chi connectivity index (χ4n) is 2.26. The number of carbonyl (C=O) groups is 2. The minimum absolute atomic E-state index is 0.153. The maximum atomic E-state index is 13.8. The molecule has 2 aromatic carbocycles. The number of benzene rings is 2. The van der Waals surface area contributed by atoms with E-state index in [-0.39, 0.29) is 23.6 Å². The standard InChI is InChI=1S/C18H19FN2O3/c1-11(13-7-8-17(24-3)16(19)10-13)20-18(23)14-5-4-6-15(9-14)21-12(2)22/h4-11H,1-3H3,(H,20,23)(H,21,22)/t11-/m0/s1. The van der Waals surface area contributed by atoms with E-state index in [1.54, 1.807) is 37.3 Å². The highest BCUT2D eigenvalue weighted by Gasteiger charge is 2.14. The first-order valence-corrected chi connectivity index (χ1v) is 7.42. The van der Waals surface area contributed by atoms with Crippen LogP contribution >= 0.6 is 0 Å². The van der Waals surface area contributed by atoms with Gasteiger partial charge in [-0.25, -0.2) is 4.39 Å². The Hall–Kier alpha value is -2.89. The molecule has 2 rings (SSSR count). The maximum absolute atomic E-state index is 13.8. The average Bonchev–Trinajstić information content (AvgIpc) is 2.54. The van der Waals surface area contributed by atoms with Gasteiger partial charge in [-0.15, -0.1) is 0 Å². The lowest BCUT2D eigenvalue weighted by atomic mass is 10.1. The summed E-state index contributed by atoms with van der Waals surface area (Å²) in [6.45, 7) is 3.16. The second kappa shape index (κ2) is 7.59. The molecule has 2 aromatic rings. The van der Waals surface area contributed by atoms with Gasteiger partial charge in [0.15, 0.2) is 11.6 Å². The first-order valence-electron chi connectivity index (χ1n) is 7.42. The molecule has 0 heterocycles. The van der Waals surface area contributed by atoms with Crippen LogP contribution in [0.25, 0.3) is 0 Å². The predicted octanol–water partition coefficient (Wildman–Crippen LogP) is 3.28. The van der Waals surface area contributed by atoms with Crippen LogP contribution in [-0.4, -0.2) is 18.9 Å². The SMILES string of the molecule is COc1ccc([C@H](C)NC(=O)c2cccc(NC(C)=O)c2)cc1F. The summed E-state index contributed by atoms with van der Waals surface area (Å²) in [5, 5.41) is 5.42. The van der Waals surface area contributed by atoms with Gasteiger partial charge in [-0.3, -0.25) is 9.59 Å². The molecular weight excluding hydrogens is 311 g/mol. The van der Waals surface area contributed by atoms with Gasteiger partial charge < -0.3 is 15.4 Å². The summed E-state index contributed by atoms with van der Waals surface area (Å²) in [6.07, 6.45) is 0. The number of methoxy groups -OCH3 is 1. The zero-order valence-corrected chi connectivity index (χ0v) is 13.7. The Morgan fingerprint density at radius 3 is 2.54 bits per heavy atom. The van der Waals surface area contributed by atoms with E-state index in [9.17, 15) is 14.0 Å². The van der Waals surface area contributed by atoms with Gasteiger partial charge in [0.25, 0.3) is 5.91 Å². The van der Waals surface area contributed by atoms with E-state index >= 15 is 0 Å². The summed E-state index contributed by atoms with van der Waals surface area (Å²) in [6, 6.07) is 10.8. The van der Waals surface area contributed by atoms with Crippen LogP contribution in [0.4, 0.5) is 10.1 Å². The topological polar surface area (TPSA) is 67.4 Å². The number of hydrogen-bond donors (Lipinski definition) is 2. The molecule has 0 aliphatic rings. The van der Waals surface area contributed by atoms with Crippen molar-refractivity contribution in [3.63, 3.8) is 0 Å². The van der Waals surface area contributed by atoms with Crippen LogP contribution in [0.5, 0.6) is 5.75 Å². The smallest absolute Gasteiger partial charge is 0.251 e. The predicted molar refractivity (Wildman–Crippen MR) is 89.6 cm³/mol. The van der Waals surface area contributed by atoms with E-state index in [2.05, 4.69) is 10.6 Å². The molecule has 1 atom stereocenters. The van der Waals surface area contributed by atoms with Crippen LogP contribution in [0.3, 0.4) is 0 Å². The molecule has 0 saturated carbocycles. The Morgan fingerprint density at radius 1 is 1.17 bits per heavy atom. The Morgan fingerprint density at radius 2 is 1.92 bits per heavy atom. The Labute approximate surface area is 139 Å². The largest absolute Gasteiger partial charge is 0.494 e. The molecule has 0 aliphatic heterocycles. The van der Waals surface area contributed by atoms with Crippen molar-refractivity contribution in [2.45, 2.75) is 19.9 Å². The minimum atomic E-state index is -0.483. The van der Waals surface area contributed by atoms with Crippen molar-refractivity contribution in [2.75, 3.05) is 12.4 Å². The number of halogens is 1. The minimum Gasteiger partial charge on any atom is -0.494 e. The van der Waals surface area contributed by atoms with Crippen molar-refractivity contribution in [2.24, 2.45) is 0 Å². The molecule has 2 N–H and O–H groups in total. The Balaban J connectivity index is 2.11. The molecule has 2 amide bonds. The second-order valence-corrected chi connectivity index (χ2v) is 5.35. The van der Waals surface area contributed by atoms with Crippen LogP contribution in [0.2, 0.25) is 0 Å². The molecule has 0 bridgehead atoms. The maximum Gasteiger partial charge on any atom is 0.251 e. The van der Waals surface area contributed by atoms with E-state index < -0.39 is 5.82 Å². The van der Waals surface area contributed by atoms with Gasteiger partial charge in [-0.05, 0) is 42.8 Å². The monoisotopic (exact) mass is 330 g/mol. The van der Waals surface area contributed by atoms with Gasteiger partial charge in [0, 0.05) is 18.2 Å². The number of rotatable bonds is 5.